The SMILES string of the molecule is COc1ccc(N2C(=O)[C@H]3[C@@H](C2=O)[C@]2(C(=O)Nc4c(C)cc(Cl)cc42)N2CCC[C@@H]32)cc1. The summed E-state index contributed by atoms with van der Waals surface area (Å²) < 4.78 is 5.21. The van der Waals surface area contributed by atoms with Gasteiger partial charge in [-0.25, -0.2) is 4.90 Å². The van der Waals surface area contributed by atoms with E-state index < -0.39 is 17.4 Å². The third kappa shape index (κ3) is 2.22. The van der Waals surface area contributed by atoms with Gasteiger partial charge in [0.05, 0.1) is 24.6 Å². The van der Waals surface area contributed by atoms with E-state index in [-0.39, 0.29) is 23.8 Å². The number of carbonyl (C=O) groups excluding carboxylic acids is 3. The average molecular weight is 452 g/mol. The minimum absolute atomic E-state index is 0.157. The molecule has 32 heavy (non-hydrogen) atoms. The van der Waals surface area contributed by atoms with Gasteiger partial charge in [-0.05, 0) is 68.3 Å². The van der Waals surface area contributed by atoms with Crippen LogP contribution >= 0.6 is 11.6 Å². The number of methoxy groups -OCH3 is 1. The van der Waals surface area contributed by atoms with Gasteiger partial charge in [0, 0.05) is 22.3 Å². The molecule has 4 aliphatic rings. The minimum atomic E-state index is -1.22. The maximum absolute atomic E-state index is 13.9. The second-order valence-corrected chi connectivity index (χ2v) is 9.42. The lowest BCUT2D eigenvalue weighted by molar-refractivity contribution is -0.135. The lowest BCUT2D eigenvalue weighted by Gasteiger charge is -2.36. The van der Waals surface area contributed by atoms with Crippen LogP contribution in [-0.2, 0) is 19.9 Å². The minimum Gasteiger partial charge on any atom is -0.497 e. The summed E-state index contributed by atoms with van der Waals surface area (Å²) in [6, 6.07) is 10.3. The van der Waals surface area contributed by atoms with Crippen LogP contribution in [0.4, 0.5) is 11.4 Å². The number of rotatable bonds is 2. The number of anilines is 2. The van der Waals surface area contributed by atoms with Gasteiger partial charge in [0.25, 0.3) is 0 Å². The molecule has 3 saturated heterocycles. The molecule has 7 nitrogen and oxygen atoms in total. The number of carbonyl (C=O) groups is 3. The van der Waals surface area contributed by atoms with E-state index in [0.29, 0.717) is 34.3 Å². The first kappa shape index (κ1) is 19.8. The number of fused-ring (bicyclic) bond motifs is 7. The molecule has 0 unspecified atom stereocenters. The summed E-state index contributed by atoms with van der Waals surface area (Å²) in [6.45, 7) is 2.56. The highest BCUT2D eigenvalue weighted by molar-refractivity contribution is 6.31. The summed E-state index contributed by atoms with van der Waals surface area (Å²) in [5, 5.41) is 3.53. The van der Waals surface area contributed by atoms with Crippen LogP contribution in [-0.4, -0.2) is 42.3 Å². The molecule has 0 aliphatic carbocycles. The Kier molecular flexibility index (Phi) is 4.05. The van der Waals surface area contributed by atoms with Crippen LogP contribution in [0.25, 0.3) is 0 Å². The molecule has 0 saturated carbocycles. The number of halogens is 1. The van der Waals surface area contributed by atoms with E-state index in [2.05, 4.69) is 10.2 Å². The smallest absolute Gasteiger partial charge is 0.250 e. The Balaban J connectivity index is 1.54. The monoisotopic (exact) mass is 451 g/mol. The Morgan fingerprint density at radius 3 is 2.59 bits per heavy atom. The van der Waals surface area contributed by atoms with Crippen LogP contribution in [0.5, 0.6) is 5.75 Å². The van der Waals surface area contributed by atoms with Crippen LogP contribution in [0.3, 0.4) is 0 Å². The van der Waals surface area contributed by atoms with Crippen LogP contribution in [0.15, 0.2) is 36.4 Å². The Bertz CT molecular complexity index is 1200. The van der Waals surface area contributed by atoms with Crippen LogP contribution in [0, 0.1) is 18.8 Å². The van der Waals surface area contributed by atoms with Crippen molar-refractivity contribution in [2.24, 2.45) is 11.8 Å². The van der Waals surface area contributed by atoms with Gasteiger partial charge in [-0.15, -0.1) is 0 Å². The topological polar surface area (TPSA) is 78.9 Å². The third-order valence-electron chi connectivity index (χ3n) is 7.59. The fraction of sp³-hybridized carbons (Fsp3) is 0.375. The number of hydrogen-bond acceptors (Lipinski definition) is 5. The quantitative estimate of drug-likeness (QED) is 0.710. The van der Waals surface area contributed by atoms with Crippen molar-refractivity contribution in [1.29, 1.82) is 0 Å². The number of hydrogen-bond donors (Lipinski definition) is 1. The zero-order valence-electron chi connectivity index (χ0n) is 17.7. The van der Waals surface area contributed by atoms with Crippen LogP contribution < -0.4 is 15.0 Å². The summed E-state index contributed by atoms with van der Waals surface area (Å²) in [6.07, 6.45) is 1.66. The molecule has 4 atom stereocenters. The summed E-state index contributed by atoms with van der Waals surface area (Å²) in [5.41, 5.74) is 1.54. The van der Waals surface area contributed by atoms with Crippen molar-refractivity contribution < 1.29 is 19.1 Å². The van der Waals surface area contributed by atoms with Crippen molar-refractivity contribution in [2.45, 2.75) is 31.3 Å². The van der Waals surface area contributed by atoms with Crippen molar-refractivity contribution in [2.75, 3.05) is 23.9 Å². The normalized spacial score (nSPS) is 30.7. The van der Waals surface area contributed by atoms with Crippen molar-refractivity contribution >= 4 is 40.7 Å². The zero-order chi connectivity index (χ0) is 22.4. The highest BCUT2D eigenvalue weighted by atomic mass is 35.5. The van der Waals surface area contributed by atoms with E-state index >= 15 is 0 Å². The van der Waals surface area contributed by atoms with Gasteiger partial charge in [-0.3, -0.25) is 19.3 Å². The van der Waals surface area contributed by atoms with Crippen molar-refractivity contribution in [3.8, 4) is 5.75 Å². The molecule has 1 N–H and O–H groups in total. The number of amides is 3. The molecule has 0 radical (unpaired) electrons. The van der Waals surface area contributed by atoms with Gasteiger partial charge < -0.3 is 10.1 Å². The molecular formula is C24H22ClN3O4. The van der Waals surface area contributed by atoms with Gasteiger partial charge in [0.2, 0.25) is 17.7 Å². The maximum atomic E-state index is 13.9. The van der Waals surface area contributed by atoms with Gasteiger partial charge in [-0.1, -0.05) is 11.6 Å². The van der Waals surface area contributed by atoms with E-state index in [0.717, 1.165) is 18.4 Å². The second-order valence-electron chi connectivity index (χ2n) is 8.98. The van der Waals surface area contributed by atoms with E-state index in [9.17, 15) is 14.4 Å². The standard InChI is InChI=1S/C24H22ClN3O4/c1-12-10-13(25)11-16-20(12)26-23(31)24(16)19-18(17-4-3-9-27(17)24)21(29)28(22(19)30)14-5-7-15(32-2)8-6-14/h5-8,10-11,17-19H,3-4,9H2,1-2H3,(H,26,31)/t17-,18+,19-,24+/m0/s1. The maximum Gasteiger partial charge on any atom is 0.250 e. The molecular weight excluding hydrogens is 430 g/mol. The van der Waals surface area contributed by atoms with E-state index in [1.807, 2.05) is 6.92 Å². The molecule has 2 aromatic rings. The molecule has 164 valence electrons. The van der Waals surface area contributed by atoms with Gasteiger partial charge in [0.1, 0.15) is 11.3 Å². The summed E-state index contributed by atoms with van der Waals surface area (Å²) in [7, 11) is 1.56. The molecule has 3 fully saturated rings. The molecule has 4 heterocycles. The molecule has 3 amide bonds. The van der Waals surface area contributed by atoms with Crippen molar-refractivity contribution in [3.05, 3.63) is 52.5 Å². The highest BCUT2D eigenvalue weighted by Gasteiger charge is 2.74. The Morgan fingerprint density at radius 2 is 1.88 bits per heavy atom. The van der Waals surface area contributed by atoms with Crippen molar-refractivity contribution in [3.63, 3.8) is 0 Å². The first-order valence-corrected chi connectivity index (χ1v) is 11.2. The highest BCUT2D eigenvalue weighted by Crippen LogP contribution is 2.61. The fourth-order valence-corrected chi connectivity index (χ4v) is 6.69. The Labute approximate surface area is 190 Å². The average Bonchev–Trinajstić information content (AvgIpc) is 3.47. The molecule has 6 rings (SSSR count). The molecule has 1 spiro atoms. The van der Waals surface area contributed by atoms with Gasteiger partial charge in [-0.2, -0.15) is 0 Å². The molecule has 8 heteroatoms. The van der Waals surface area contributed by atoms with Gasteiger partial charge >= 0.3 is 0 Å². The molecule has 0 bridgehead atoms. The van der Waals surface area contributed by atoms with E-state index in [4.69, 9.17) is 16.3 Å². The van der Waals surface area contributed by atoms with Crippen LogP contribution in [0.2, 0.25) is 5.02 Å². The number of aryl methyl sites for hydroxylation is 1. The zero-order valence-corrected chi connectivity index (χ0v) is 18.5. The summed E-state index contributed by atoms with van der Waals surface area (Å²) >= 11 is 6.41. The van der Waals surface area contributed by atoms with Crippen molar-refractivity contribution in [1.82, 2.24) is 4.90 Å². The first-order valence-electron chi connectivity index (χ1n) is 10.8. The predicted octanol–water partition coefficient (Wildman–Crippen LogP) is 3.09. The largest absolute Gasteiger partial charge is 0.497 e. The second kappa shape index (κ2) is 6.56. The third-order valence-corrected chi connectivity index (χ3v) is 7.81. The first-order chi connectivity index (χ1) is 15.4. The predicted molar refractivity (Wildman–Crippen MR) is 119 cm³/mol. The van der Waals surface area contributed by atoms with E-state index in [1.165, 1.54) is 4.90 Å². The lowest BCUT2D eigenvalue weighted by Crippen LogP contribution is -2.54. The summed E-state index contributed by atoms with van der Waals surface area (Å²) in [5.74, 6) is -1.53. The number of ether oxygens (including phenoxy) is 1. The van der Waals surface area contributed by atoms with Crippen LogP contribution in [0.1, 0.15) is 24.0 Å². The Hall–Kier alpha value is -2.90. The number of nitrogens with zero attached hydrogens (tertiary/aromatic N) is 2. The summed E-state index contributed by atoms with van der Waals surface area (Å²) in [4.78, 5) is 44.6. The Morgan fingerprint density at radius 1 is 1.12 bits per heavy atom. The lowest BCUT2D eigenvalue weighted by atomic mass is 9.75. The number of nitrogens with one attached hydrogen (secondary N) is 1. The number of imide groups is 1. The number of benzene rings is 2. The van der Waals surface area contributed by atoms with E-state index in [1.54, 1.807) is 43.5 Å². The fourth-order valence-electron chi connectivity index (χ4n) is 6.42. The van der Waals surface area contributed by atoms with Gasteiger partial charge in [0.15, 0.2) is 0 Å². The molecule has 4 aliphatic heterocycles. The molecule has 0 aromatic heterocycles. The molecule has 2 aromatic carbocycles.